The average Bonchev–Trinajstić information content (AvgIpc) is 3.27. The Hall–Kier alpha value is -4.08. The van der Waals surface area contributed by atoms with Crippen LogP contribution >= 0.6 is 0 Å². The van der Waals surface area contributed by atoms with E-state index in [4.69, 9.17) is 14.2 Å². The highest BCUT2D eigenvalue weighted by molar-refractivity contribution is 6.05. The van der Waals surface area contributed by atoms with Crippen molar-refractivity contribution in [2.75, 3.05) is 26.9 Å². The van der Waals surface area contributed by atoms with Crippen molar-refractivity contribution in [1.82, 2.24) is 15.1 Å². The quantitative estimate of drug-likeness (QED) is 0.517. The van der Waals surface area contributed by atoms with Gasteiger partial charge in [0.15, 0.2) is 11.5 Å². The van der Waals surface area contributed by atoms with E-state index in [0.29, 0.717) is 54.6 Å². The zero-order valence-corrected chi connectivity index (χ0v) is 22.2. The summed E-state index contributed by atoms with van der Waals surface area (Å²) >= 11 is 0. The fourth-order valence-corrected chi connectivity index (χ4v) is 5.52. The molecule has 0 spiro atoms. The number of rotatable bonds is 8. The van der Waals surface area contributed by atoms with E-state index in [0.717, 1.165) is 24.8 Å². The highest BCUT2D eigenvalue weighted by Crippen LogP contribution is 2.32. The molecule has 1 N–H and O–H groups in total. The van der Waals surface area contributed by atoms with Gasteiger partial charge in [0.1, 0.15) is 18.4 Å². The summed E-state index contributed by atoms with van der Waals surface area (Å²) in [6.07, 6.45) is 3.29. The van der Waals surface area contributed by atoms with Crippen molar-refractivity contribution in [2.45, 2.75) is 57.7 Å². The Morgan fingerprint density at radius 1 is 1.03 bits per heavy atom. The van der Waals surface area contributed by atoms with Crippen LogP contribution < -0.4 is 19.5 Å². The van der Waals surface area contributed by atoms with E-state index >= 15 is 0 Å². The maximum absolute atomic E-state index is 13.5. The van der Waals surface area contributed by atoms with Crippen molar-refractivity contribution in [3.8, 4) is 17.2 Å². The van der Waals surface area contributed by atoms with Crippen LogP contribution in [0.2, 0.25) is 0 Å². The molecule has 206 valence electrons. The Kier molecular flexibility index (Phi) is 7.72. The first kappa shape index (κ1) is 26.5. The van der Waals surface area contributed by atoms with Crippen LogP contribution in [-0.4, -0.2) is 72.4 Å². The van der Waals surface area contributed by atoms with Gasteiger partial charge in [0.05, 0.1) is 19.8 Å². The summed E-state index contributed by atoms with van der Waals surface area (Å²) in [4.78, 5) is 53.6. The predicted octanol–water partition coefficient (Wildman–Crippen LogP) is 2.93. The van der Waals surface area contributed by atoms with Crippen LogP contribution in [0, 0.1) is 0 Å². The second-order valence-electron chi connectivity index (χ2n) is 9.98. The van der Waals surface area contributed by atoms with E-state index in [9.17, 15) is 19.2 Å². The van der Waals surface area contributed by atoms with Crippen molar-refractivity contribution in [1.29, 1.82) is 0 Å². The first-order chi connectivity index (χ1) is 18.9. The number of benzene rings is 2. The zero-order valence-electron chi connectivity index (χ0n) is 22.2. The predicted molar refractivity (Wildman–Crippen MR) is 141 cm³/mol. The summed E-state index contributed by atoms with van der Waals surface area (Å²) < 4.78 is 17.1. The fraction of sp³-hybridized carbons (Fsp3) is 0.448. The number of carbonyl (C=O) groups is 4. The Morgan fingerprint density at radius 2 is 1.87 bits per heavy atom. The van der Waals surface area contributed by atoms with Crippen molar-refractivity contribution >= 4 is 23.6 Å². The van der Waals surface area contributed by atoms with Crippen LogP contribution in [0.15, 0.2) is 36.4 Å². The number of carbonyl (C=O) groups excluding carboxylic acids is 4. The molecule has 2 fully saturated rings. The number of ether oxygens (including phenoxy) is 3. The first-order valence-corrected chi connectivity index (χ1v) is 13.4. The van der Waals surface area contributed by atoms with Crippen LogP contribution in [0.5, 0.6) is 17.2 Å². The molecular weight excluding hydrogens is 502 g/mol. The smallest absolute Gasteiger partial charge is 0.255 e. The highest BCUT2D eigenvalue weighted by Gasteiger charge is 2.39. The molecule has 10 nitrogen and oxygen atoms in total. The Morgan fingerprint density at radius 3 is 2.64 bits per heavy atom. The molecule has 0 saturated carbocycles. The lowest BCUT2D eigenvalue weighted by atomic mass is 10.0. The van der Waals surface area contributed by atoms with Gasteiger partial charge in [-0.2, -0.15) is 0 Å². The van der Waals surface area contributed by atoms with Gasteiger partial charge in [-0.15, -0.1) is 0 Å². The topological polar surface area (TPSA) is 114 Å². The van der Waals surface area contributed by atoms with Crippen LogP contribution in [0.25, 0.3) is 0 Å². The molecule has 0 aliphatic carbocycles. The molecule has 4 amide bonds. The number of piperidine rings is 2. The van der Waals surface area contributed by atoms with Crippen LogP contribution in [0.3, 0.4) is 0 Å². The summed E-state index contributed by atoms with van der Waals surface area (Å²) in [5, 5.41) is 2.32. The molecule has 0 bridgehead atoms. The maximum atomic E-state index is 13.5. The Bertz CT molecular complexity index is 1290. The summed E-state index contributed by atoms with van der Waals surface area (Å²) in [5.74, 6) is 0.678. The molecule has 1 unspecified atom stereocenters. The third kappa shape index (κ3) is 5.41. The number of hydrogen-bond donors (Lipinski definition) is 1. The van der Waals surface area contributed by atoms with Gasteiger partial charge < -0.3 is 24.0 Å². The lowest BCUT2D eigenvalue weighted by Gasteiger charge is -2.35. The molecule has 39 heavy (non-hydrogen) atoms. The number of likely N-dealkylation sites (tertiary alicyclic amines) is 1. The molecule has 3 aliphatic heterocycles. The average molecular weight is 536 g/mol. The lowest BCUT2D eigenvalue weighted by Crippen LogP contribution is -2.52. The Labute approximate surface area is 227 Å². The number of imide groups is 1. The monoisotopic (exact) mass is 535 g/mol. The maximum Gasteiger partial charge on any atom is 0.255 e. The second-order valence-corrected chi connectivity index (χ2v) is 9.98. The van der Waals surface area contributed by atoms with Gasteiger partial charge in [-0.3, -0.25) is 24.5 Å². The van der Waals surface area contributed by atoms with E-state index in [1.54, 1.807) is 37.4 Å². The number of fused-ring (bicyclic) bond motifs is 1. The van der Waals surface area contributed by atoms with E-state index in [1.165, 1.54) is 4.90 Å². The molecule has 5 rings (SSSR count). The summed E-state index contributed by atoms with van der Waals surface area (Å²) in [6.45, 7) is 3.59. The summed E-state index contributed by atoms with van der Waals surface area (Å²) in [5.41, 5.74) is 1.85. The molecule has 10 heteroatoms. The minimum atomic E-state index is -0.657. The summed E-state index contributed by atoms with van der Waals surface area (Å²) in [6, 6.07) is 9.76. The highest BCUT2D eigenvalue weighted by atomic mass is 16.5. The third-order valence-electron chi connectivity index (χ3n) is 7.54. The number of amides is 4. The minimum absolute atomic E-state index is 0.0775. The second kappa shape index (κ2) is 11.3. The molecular formula is C29H33N3O7. The van der Waals surface area contributed by atoms with E-state index in [2.05, 4.69) is 5.32 Å². The largest absolute Gasteiger partial charge is 0.493 e. The van der Waals surface area contributed by atoms with Gasteiger partial charge in [0.25, 0.3) is 11.8 Å². The van der Waals surface area contributed by atoms with Gasteiger partial charge in [-0.25, -0.2) is 0 Å². The van der Waals surface area contributed by atoms with E-state index in [-0.39, 0.29) is 36.7 Å². The fourth-order valence-electron chi connectivity index (χ4n) is 5.52. The van der Waals surface area contributed by atoms with Gasteiger partial charge >= 0.3 is 0 Å². The minimum Gasteiger partial charge on any atom is -0.493 e. The third-order valence-corrected chi connectivity index (χ3v) is 7.54. The molecule has 0 aromatic heterocycles. The SMILES string of the molecule is CCOc1cc(C(=O)N2CCCC[C@H]2COc2ccc3c(c2)CN(C2CCC(=O)NC2=O)C3=O)ccc1OC. The molecule has 0 radical (unpaired) electrons. The van der Waals surface area contributed by atoms with Crippen molar-refractivity contribution in [2.24, 2.45) is 0 Å². The lowest BCUT2D eigenvalue weighted by molar-refractivity contribution is -0.136. The van der Waals surface area contributed by atoms with E-state index < -0.39 is 11.9 Å². The van der Waals surface area contributed by atoms with Gasteiger partial charge in [0, 0.05) is 30.6 Å². The number of nitrogens with one attached hydrogen (secondary N) is 1. The molecule has 2 aromatic rings. The van der Waals surface area contributed by atoms with Crippen molar-refractivity contribution < 1.29 is 33.4 Å². The normalized spacial score (nSPS) is 20.9. The van der Waals surface area contributed by atoms with Crippen LogP contribution in [0.4, 0.5) is 0 Å². The number of nitrogens with zero attached hydrogens (tertiary/aromatic N) is 2. The van der Waals surface area contributed by atoms with Crippen molar-refractivity contribution in [3.63, 3.8) is 0 Å². The number of methoxy groups -OCH3 is 1. The van der Waals surface area contributed by atoms with Crippen LogP contribution in [-0.2, 0) is 16.1 Å². The van der Waals surface area contributed by atoms with Crippen molar-refractivity contribution in [3.05, 3.63) is 53.1 Å². The molecule has 3 heterocycles. The molecule has 2 saturated heterocycles. The van der Waals surface area contributed by atoms with Gasteiger partial charge in [0.2, 0.25) is 11.8 Å². The Balaban J connectivity index is 1.26. The summed E-state index contributed by atoms with van der Waals surface area (Å²) in [7, 11) is 1.57. The van der Waals surface area contributed by atoms with Gasteiger partial charge in [-0.05, 0) is 74.6 Å². The zero-order chi connectivity index (χ0) is 27.5. The van der Waals surface area contributed by atoms with E-state index in [1.807, 2.05) is 17.9 Å². The first-order valence-electron chi connectivity index (χ1n) is 13.4. The molecule has 3 aliphatic rings. The molecule has 2 atom stereocenters. The molecule has 2 aromatic carbocycles. The van der Waals surface area contributed by atoms with Gasteiger partial charge in [-0.1, -0.05) is 0 Å². The van der Waals surface area contributed by atoms with Crippen LogP contribution in [0.1, 0.15) is 65.3 Å². The standard InChI is InChI=1S/C29H33N3O7/c1-3-38-25-15-18(7-11-24(25)37-2)28(35)31-13-5-4-6-20(31)17-39-21-8-9-22-19(14-21)16-32(29(22)36)23-10-12-26(33)30-27(23)34/h7-9,11,14-15,20,23H,3-6,10,12-13,16-17H2,1-2H3,(H,30,33,34)/t20-,23?/m0/s1. The number of hydrogen-bond acceptors (Lipinski definition) is 7.